The van der Waals surface area contributed by atoms with Crippen LogP contribution in [-0.2, 0) is 65.4 Å². The van der Waals surface area contributed by atoms with Crippen LogP contribution in [0, 0.1) is 11.8 Å². The van der Waals surface area contributed by atoms with Crippen molar-refractivity contribution in [3.8, 4) is 0 Å². The smallest absolute Gasteiger partial charge is 0.462 e. The fourth-order valence-electron chi connectivity index (χ4n) is 10.7. The molecule has 0 rings (SSSR count). The quantitative estimate of drug-likeness (QED) is 0.0222. The number of aliphatic hydroxyl groups is 1. The largest absolute Gasteiger partial charge is 0.472 e. The molecule has 17 nitrogen and oxygen atoms in total. The van der Waals surface area contributed by atoms with Crippen molar-refractivity contribution in [3.63, 3.8) is 0 Å². The van der Waals surface area contributed by atoms with Crippen LogP contribution in [0.3, 0.4) is 0 Å². The van der Waals surface area contributed by atoms with Crippen molar-refractivity contribution >= 4 is 39.5 Å². The second-order valence-electron chi connectivity index (χ2n) is 26.3. The van der Waals surface area contributed by atoms with Gasteiger partial charge in [-0.15, -0.1) is 0 Å². The maximum absolute atomic E-state index is 13.0. The Hall–Kier alpha value is -1.94. The molecule has 534 valence electrons. The predicted octanol–water partition coefficient (Wildman–Crippen LogP) is 20.4. The molecule has 0 amide bonds. The van der Waals surface area contributed by atoms with Gasteiger partial charge >= 0.3 is 39.5 Å². The average molecular weight is 1330 g/mol. The van der Waals surface area contributed by atoms with Crippen LogP contribution >= 0.6 is 15.6 Å². The Labute approximate surface area is 549 Å². The molecule has 0 aliphatic rings. The Morgan fingerprint density at radius 1 is 0.322 bits per heavy atom. The monoisotopic (exact) mass is 1320 g/mol. The molecular weight excluding hydrogens is 1190 g/mol. The number of esters is 4. The third-order valence-electron chi connectivity index (χ3n) is 16.8. The van der Waals surface area contributed by atoms with Gasteiger partial charge in [-0.25, -0.2) is 9.13 Å². The van der Waals surface area contributed by atoms with E-state index in [1.165, 1.54) is 173 Å². The zero-order chi connectivity index (χ0) is 66.5. The topological polar surface area (TPSA) is 237 Å². The number of carbonyl (C=O) groups excluding carboxylic acids is 4. The first-order valence-electron chi connectivity index (χ1n) is 37.0. The molecule has 0 saturated heterocycles. The minimum Gasteiger partial charge on any atom is -0.462 e. The Balaban J connectivity index is 5.20. The van der Waals surface area contributed by atoms with Crippen molar-refractivity contribution in [1.29, 1.82) is 0 Å². The summed E-state index contributed by atoms with van der Waals surface area (Å²) < 4.78 is 68.2. The molecule has 0 fully saturated rings. The van der Waals surface area contributed by atoms with Gasteiger partial charge in [0, 0.05) is 25.7 Å². The van der Waals surface area contributed by atoms with Crippen molar-refractivity contribution in [2.24, 2.45) is 11.8 Å². The molecule has 0 aromatic heterocycles. The van der Waals surface area contributed by atoms with Gasteiger partial charge in [-0.2, -0.15) is 0 Å². The molecule has 6 atom stereocenters. The number of rotatable bonds is 70. The number of aliphatic hydroxyl groups excluding tert-OH is 1. The van der Waals surface area contributed by atoms with Crippen molar-refractivity contribution < 1.29 is 80.2 Å². The van der Waals surface area contributed by atoms with Gasteiger partial charge < -0.3 is 33.8 Å². The van der Waals surface area contributed by atoms with Crippen LogP contribution in [0.2, 0.25) is 0 Å². The summed E-state index contributed by atoms with van der Waals surface area (Å²) >= 11 is 0. The van der Waals surface area contributed by atoms with Gasteiger partial charge in [-0.1, -0.05) is 311 Å². The van der Waals surface area contributed by atoms with E-state index in [9.17, 15) is 43.2 Å². The highest BCUT2D eigenvalue weighted by molar-refractivity contribution is 7.47. The van der Waals surface area contributed by atoms with Crippen LogP contribution in [0.1, 0.15) is 363 Å². The maximum Gasteiger partial charge on any atom is 0.472 e. The summed E-state index contributed by atoms with van der Waals surface area (Å²) in [4.78, 5) is 72.4. The van der Waals surface area contributed by atoms with Crippen LogP contribution in [-0.4, -0.2) is 96.7 Å². The minimum absolute atomic E-state index is 0.102. The number of ether oxygens (including phenoxy) is 4. The zero-order valence-corrected chi connectivity index (χ0v) is 60.2. The van der Waals surface area contributed by atoms with Crippen LogP contribution in [0.15, 0.2) is 0 Å². The predicted molar refractivity (Wildman–Crippen MR) is 363 cm³/mol. The lowest BCUT2D eigenvalue weighted by Crippen LogP contribution is -2.30. The van der Waals surface area contributed by atoms with Crippen molar-refractivity contribution in [2.75, 3.05) is 39.6 Å². The summed E-state index contributed by atoms with van der Waals surface area (Å²) in [6.45, 7) is 9.49. The van der Waals surface area contributed by atoms with Gasteiger partial charge in [0.2, 0.25) is 0 Å². The highest BCUT2D eigenvalue weighted by atomic mass is 31.2. The molecule has 0 bridgehead atoms. The molecule has 0 aliphatic carbocycles. The third kappa shape index (κ3) is 63.5. The van der Waals surface area contributed by atoms with Gasteiger partial charge in [0.15, 0.2) is 12.2 Å². The van der Waals surface area contributed by atoms with E-state index in [0.717, 1.165) is 102 Å². The number of carbonyl (C=O) groups is 4. The normalized spacial score (nSPS) is 14.4. The van der Waals surface area contributed by atoms with E-state index in [2.05, 4.69) is 41.5 Å². The molecule has 0 saturated carbocycles. The lowest BCUT2D eigenvalue weighted by molar-refractivity contribution is -0.161. The maximum atomic E-state index is 13.0. The van der Waals surface area contributed by atoms with E-state index in [4.69, 9.17) is 37.0 Å². The molecule has 0 aliphatic heterocycles. The highest BCUT2D eigenvalue weighted by Crippen LogP contribution is 2.45. The number of hydrogen-bond donors (Lipinski definition) is 3. The summed E-state index contributed by atoms with van der Waals surface area (Å²) in [5.74, 6) is -0.613. The molecule has 90 heavy (non-hydrogen) atoms. The average Bonchev–Trinajstić information content (AvgIpc) is 3.02. The molecule has 19 heteroatoms. The van der Waals surface area contributed by atoms with Crippen LogP contribution in [0.4, 0.5) is 0 Å². The van der Waals surface area contributed by atoms with Gasteiger partial charge in [0.05, 0.1) is 26.4 Å². The van der Waals surface area contributed by atoms with E-state index in [-0.39, 0.29) is 25.7 Å². The lowest BCUT2D eigenvalue weighted by atomic mass is 9.99. The van der Waals surface area contributed by atoms with Crippen LogP contribution in [0.25, 0.3) is 0 Å². The van der Waals surface area contributed by atoms with Gasteiger partial charge in [-0.3, -0.25) is 37.3 Å². The summed E-state index contributed by atoms with van der Waals surface area (Å²) in [7, 11) is -9.90. The van der Waals surface area contributed by atoms with E-state index in [1.54, 1.807) is 0 Å². The van der Waals surface area contributed by atoms with Crippen molar-refractivity contribution in [2.45, 2.75) is 381 Å². The molecular formula is C71H138O17P2. The highest BCUT2D eigenvalue weighted by Gasteiger charge is 2.30. The second-order valence-corrected chi connectivity index (χ2v) is 29.3. The summed E-state index contributed by atoms with van der Waals surface area (Å²) in [5, 5.41) is 10.6. The van der Waals surface area contributed by atoms with Gasteiger partial charge in [0.25, 0.3) is 0 Å². The Kier molecular flexibility index (Phi) is 61.8. The van der Waals surface area contributed by atoms with Crippen molar-refractivity contribution in [3.05, 3.63) is 0 Å². The number of hydrogen-bond acceptors (Lipinski definition) is 15. The van der Waals surface area contributed by atoms with Crippen LogP contribution < -0.4 is 0 Å². The Morgan fingerprint density at radius 2 is 0.567 bits per heavy atom. The van der Waals surface area contributed by atoms with Crippen LogP contribution in [0.5, 0.6) is 0 Å². The summed E-state index contributed by atoms with van der Waals surface area (Å²) in [5.41, 5.74) is 0. The summed E-state index contributed by atoms with van der Waals surface area (Å²) in [6, 6.07) is 0. The van der Waals surface area contributed by atoms with E-state index in [1.807, 2.05) is 0 Å². The van der Waals surface area contributed by atoms with Gasteiger partial charge in [-0.05, 0) is 37.5 Å². The Morgan fingerprint density at radius 3 is 0.844 bits per heavy atom. The molecule has 3 N–H and O–H groups in total. The third-order valence-corrected chi connectivity index (χ3v) is 18.7. The molecule has 0 radical (unpaired) electrons. The molecule has 0 heterocycles. The van der Waals surface area contributed by atoms with Gasteiger partial charge in [0.1, 0.15) is 19.3 Å². The molecule has 0 aromatic rings. The second kappa shape index (κ2) is 63.1. The zero-order valence-electron chi connectivity index (χ0n) is 58.4. The summed E-state index contributed by atoms with van der Waals surface area (Å²) in [6.07, 6.45) is 48.8. The lowest BCUT2D eigenvalue weighted by Gasteiger charge is -2.21. The molecule has 0 aromatic carbocycles. The van der Waals surface area contributed by atoms with Crippen molar-refractivity contribution in [1.82, 2.24) is 0 Å². The number of unbranched alkanes of at least 4 members (excludes halogenated alkanes) is 39. The molecule has 3 unspecified atom stereocenters. The van der Waals surface area contributed by atoms with E-state index >= 15 is 0 Å². The van der Waals surface area contributed by atoms with E-state index in [0.29, 0.717) is 31.6 Å². The molecule has 0 spiro atoms. The first-order valence-corrected chi connectivity index (χ1v) is 40.0. The fraction of sp³-hybridized carbons (Fsp3) is 0.944. The number of phosphoric acid groups is 2. The fourth-order valence-corrected chi connectivity index (χ4v) is 12.3. The Bertz CT molecular complexity index is 1750. The first-order chi connectivity index (χ1) is 43.4. The number of phosphoric ester groups is 2. The standard InChI is InChI=1S/C71H138O17P2/c1-7-10-12-14-16-18-19-20-21-25-28-31-35-42-48-54-69(74)82-59-66(87-70(75)55-49-43-36-32-29-26-23-22-24-27-30-33-40-46-52-64(6)9-3)61-85-89(77,78)83-57-65(72)58-84-90(79,80)86-62-67(60-81-68(73)53-47-41-34-17-15-13-11-8-2)88-71(76)56-50-44-38-37-39-45-51-63(4)5/h63-67,72H,7-62H2,1-6H3,(H,77,78)(H,79,80)/t64?,65-,66-,67-/m1/s1. The SMILES string of the molecule is CCCCCCCCCCCCCCCCCC(=O)OC[C@H](COP(=O)(O)OC[C@@H](O)COP(=O)(O)OC[C@@H](COC(=O)CCCCCCCCCC)OC(=O)CCCCCCCCC(C)C)OC(=O)CCCCCCCCCCCCCCCCC(C)CC. The first kappa shape index (κ1) is 88.1. The van der Waals surface area contributed by atoms with E-state index < -0.39 is 97.5 Å². The minimum atomic E-state index is -4.95.